The fourth-order valence-corrected chi connectivity index (χ4v) is 2.43. The van der Waals surface area contributed by atoms with E-state index in [1.807, 2.05) is 0 Å². The molecule has 17 heavy (non-hydrogen) atoms. The van der Waals surface area contributed by atoms with Crippen LogP contribution in [-0.2, 0) is 13.0 Å². The molecule has 2 N–H and O–H groups in total. The van der Waals surface area contributed by atoms with E-state index >= 15 is 0 Å². The zero-order chi connectivity index (χ0) is 11.8. The number of benzene rings is 1. The fourth-order valence-electron chi connectivity index (χ4n) is 2.43. The van der Waals surface area contributed by atoms with Crippen molar-refractivity contribution in [2.24, 2.45) is 0 Å². The molecule has 88 valence electrons. The largest absolute Gasteiger partial charge is 0.383 e. The number of imidazole rings is 1. The zero-order valence-corrected chi connectivity index (χ0v) is 10.1. The second-order valence-corrected chi connectivity index (χ2v) is 4.74. The van der Waals surface area contributed by atoms with E-state index in [9.17, 15) is 0 Å². The van der Waals surface area contributed by atoms with Crippen molar-refractivity contribution in [3.05, 3.63) is 35.7 Å². The summed E-state index contributed by atoms with van der Waals surface area (Å²) in [6, 6.07) is 8.40. The Labute approximate surface area is 101 Å². The number of nitrogen functional groups attached to an aromatic ring is 1. The lowest BCUT2D eigenvalue weighted by molar-refractivity contribution is 0.527. The second kappa shape index (κ2) is 3.91. The van der Waals surface area contributed by atoms with Crippen LogP contribution in [0, 0.1) is 6.92 Å². The summed E-state index contributed by atoms with van der Waals surface area (Å²) in [5, 5.41) is 0. The van der Waals surface area contributed by atoms with Gasteiger partial charge >= 0.3 is 0 Å². The van der Waals surface area contributed by atoms with Crippen LogP contribution in [0.3, 0.4) is 0 Å². The van der Waals surface area contributed by atoms with Crippen molar-refractivity contribution in [3.63, 3.8) is 0 Å². The summed E-state index contributed by atoms with van der Waals surface area (Å²) in [7, 11) is 0. The molecule has 1 aliphatic heterocycles. The van der Waals surface area contributed by atoms with Crippen molar-refractivity contribution >= 4 is 5.82 Å². The highest BCUT2D eigenvalue weighted by atomic mass is 15.1. The number of rotatable bonds is 1. The number of aromatic nitrogens is 2. The van der Waals surface area contributed by atoms with Gasteiger partial charge in [0.05, 0.1) is 0 Å². The Morgan fingerprint density at radius 2 is 1.94 bits per heavy atom. The molecule has 1 aromatic carbocycles. The first-order valence-electron chi connectivity index (χ1n) is 6.17. The van der Waals surface area contributed by atoms with E-state index in [0.717, 1.165) is 35.9 Å². The van der Waals surface area contributed by atoms with E-state index in [-0.39, 0.29) is 0 Å². The van der Waals surface area contributed by atoms with Crippen LogP contribution in [-0.4, -0.2) is 9.55 Å². The van der Waals surface area contributed by atoms with Gasteiger partial charge in [0.1, 0.15) is 17.3 Å². The Kier molecular flexibility index (Phi) is 2.39. The third-order valence-electron chi connectivity index (χ3n) is 3.44. The zero-order valence-electron chi connectivity index (χ0n) is 10.1. The Bertz CT molecular complexity index is 537. The Balaban J connectivity index is 2.09. The lowest BCUT2D eigenvalue weighted by atomic mass is 10.1. The van der Waals surface area contributed by atoms with Gasteiger partial charge in [0.25, 0.3) is 0 Å². The fraction of sp³-hybridized carbons (Fsp3) is 0.357. The molecule has 1 aliphatic rings. The normalized spacial score (nSPS) is 14.6. The van der Waals surface area contributed by atoms with E-state index in [4.69, 9.17) is 5.73 Å². The van der Waals surface area contributed by atoms with Crippen LogP contribution in [0.15, 0.2) is 24.3 Å². The van der Waals surface area contributed by atoms with Gasteiger partial charge < -0.3 is 10.3 Å². The molecule has 2 heterocycles. The summed E-state index contributed by atoms with van der Waals surface area (Å²) in [4.78, 5) is 4.69. The van der Waals surface area contributed by atoms with Gasteiger partial charge in [-0.1, -0.05) is 29.8 Å². The first-order valence-corrected chi connectivity index (χ1v) is 6.17. The van der Waals surface area contributed by atoms with E-state index in [2.05, 4.69) is 40.7 Å². The standard InChI is InChI=1S/C14H17N3/c1-10-5-7-11(8-6-10)13-14(15)17-9-3-2-4-12(17)16-13/h5-8H,2-4,9,15H2,1H3. The first-order chi connectivity index (χ1) is 8.25. The van der Waals surface area contributed by atoms with E-state index < -0.39 is 0 Å². The van der Waals surface area contributed by atoms with Gasteiger partial charge in [-0.05, 0) is 19.8 Å². The van der Waals surface area contributed by atoms with Gasteiger partial charge in [0, 0.05) is 18.5 Å². The van der Waals surface area contributed by atoms with E-state index in [0.29, 0.717) is 0 Å². The summed E-state index contributed by atoms with van der Waals surface area (Å²) in [6.07, 6.45) is 3.49. The van der Waals surface area contributed by atoms with Crippen molar-refractivity contribution in [2.45, 2.75) is 32.7 Å². The maximum absolute atomic E-state index is 6.19. The maximum atomic E-state index is 6.19. The number of nitrogens with two attached hydrogens (primary N) is 1. The highest BCUT2D eigenvalue weighted by Crippen LogP contribution is 2.29. The molecule has 0 amide bonds. The minimum atomic E-state index is 0.823. The van der Waals surface area contributed by atoms with Crippen LogP contribution in [0.4, 0.5) is 5.82 Å². The minimum Gasteiger partial charge on any atom is -0.383 e. The monoisotopic (exact) mass is 227 g/mol. The molecule has 0 radical (unpaired) electrons. The smallest absolute Gasteiger partial charge is 0.131 e. The van der Waals surface area contributed by atoms with Gasteiger partial charge in [-0.2, -0.15) is 0 Å². The van der Waals surface area contributed by atoms with Crippen LogP contribution in [0.25, 0.3) is 11.3 Å². The molecule has 3 heteroatoms. The predicted octanol–water partition coefficient (Wildman–Crippen LogP) is 2.78. The van der Waals surface area contributed by atoms with Crippen LogP contribution < -0.4 is 5.73 Å². The van der Waals surface area contributed by atoms with Gasteiger partial charge in [-0.3, -0.25) is 0 Å². The topological polar surface area (TPSA) is 43.8 Å². The number of aryl methyl sites for hydroxylation is 2. The maximum Gasteiger partial charge on any atom is 0.131 e. The van der Waals surface area contributed by atoms with Gasteiger partial charge in [-0.15, -0.1) is 0 Å². The molecule has 0 bridgehead atoms. The number of hydrogen-bond acceptors (Lipinski definition) is 2. The van der Waals surface area contributed by atoms with Crippen molar-refractivity contribution in [1.82, 2.24) is 9.55 Å². The summed E-state index contributed by atoms with van der Waals surface area (Å²) in [5.74, 6) is 1.97. The summed E-state index contributed by atoms with van der Waals surface area (Å²) < 4.78 is 2.17. The van der Waals surface area contributed by atoms with Crippen LogP contribution in [0.5, 0.6) is 0 Å². The minimum absolute atomic E-state index is 0.823. The molecular weight excluding hydrogens is 210 g/mol. The molecular formula is C14H17N3. The van der Waals surface area contributed by atoms with Crippen molar-refractivity contribution in [2.75, 3.05) is 5.73 Å². The molecule has 0 atom stereocenters. The number of anilines is 1. The molecule has 2 aromatic rings. The Morgan fingerprint density at radius 1 is 1.18 bits per heavy atom. The van der Waals surface area contributed by atoms with Crippen LogP contribution in [0.2, 0.25) is 0 Å². The molecule has 3 nitrogen and oxygen atoms in total. The first kappa shape index (κ1) is 10.4. The Morgan fingerprint density at radius 3 is 2.65 bits per heavy atom. The molecule has 0 spiro atoms. The van der Waals surface area contributed by atoms with Gasteiger partial charge in [-0.25, -0.2) is 4.98 Å². The molecule has 0 unspecified atom stereocenters. The number of nitrogens with zero attached hydrogens (tertiary/aromatic N) is 2. The molecule has 0 saturated carbocycles. The lowest BCUT2D eigenvalue weighted by Gasteiger charge is -2.14. The SMILES string of the molecule is Cc1ccc(-c2nc3n(c2N)CCCC3)cc1. The Hall–Kier alpha value is -1.77. The van der Waals surface area contributed by atoms with E-state index in [1.165, 1.54) is 18.4 Å². The molecule has 0 saturated heterocycles. The molecule has 0 aliphatic carbocycles. The van der Waals surface area contributed by atoms with Crippen LogP contribution >= 0.6 is 0 Å². The predicted molar refractivity (Wildman–Crippen MR) is 69.8 cm³/mol. The molecule has 3 rings (SSSR count). The number of fused-ring (bicyclic) bond motifs is 1. The summed E-state index contributed by atoms with van der Waals surface area (Å²) >= 11 is 0. The summed E-state index contributed by atoms with van der Waals surface area (Å²) in [6.45, 7) is 3.10. The highest BCUT2D eigenvalue weighted by molar-refractivity contribution is 5.71. The average Bonchev–Trinajstić information content (AvgIpc) is 2.69. The second-order valence-electron chi connectivity index (χ2n) is 4.74. The highest BCUT2D eigenvalue weighted by Gasteiger charge is 2.18. The van der Waals surface area contributed by atoms with Crippen LogP contribution in [0.1, 0.15) is 24.2 Å². The lowest BCUT2D eigenvalue weighted by Crippen LogP contribution is -2.12. The van der Waals surface area contributed by atoms with E-state index in [1.54, 1.807) is 0 Å². The van der Waals surface area contributed by atoms with Crippen molar-refractivity contribution in [1.29, 1.82) is 0 Å². The van der Waals surface area contributed by atoms with Gasteiger partial charge in [0.15, 0.2) is 0 Å². The molecule has 1 aromatic heterocycles. The van der Waals surface area contributed by atoms with Crippen molar-refractivity contribution in [3.8, 4) is 11.3 Å². The quantitative estimate of drug-likeness (QED) is 0.814. The van der Waals surface area contributed by atoms with Gasteiger partial charge in [0.2, 0.25) is 0 Å². The molecule has 0 fully saturated rings. The van der Waals surface area contributed by atoms with Crippen molar-refractivity contribution < 1.29 is 0 Å². The third-order valence-corrected chi connectivity index (χ3v) is 3.44. The number of hydrogen-bond donors (Lipinski definition) is 1. The summed E-state index contributed by atoms with van der Waals surface area (Å²) in [5.41, 5.74) is 9.52. The third kappa shape index (κ3) is 1.71. The average molecular weight is 227 g/mol.